The number of carbonyl (C=O) groups excluding carboxylic acids is 1. The molecule has 0 amide bonds. The number of hydrogen-bond acceptors (Lipinski definition) is 5. The largest absolute Gasteiger partial charge is 0.462 e. The van der Waals surface area contributed by atoms with Crippen molar-refractivity contribution < 1.29 is 13.7 Å². The fourth-order valence-corrected chi connectivity index (χ4v) is 2.79. The predicted octanol–water partition coefficient (Wildman–Crippen LogP) is 1.12. The van der Waals surface area contributed by atoms with Crippen molar-refractivity contribution in [3.63, 3.8) is 0 Å². The molecule has 0 aromatic rings. The molecule has 0 saturated heterocycles. The number of rotatable bonds is 2. The Bertz CT molecular complexity index is 491. The Morgan fingerprint density at radius 1 is 1.59 bits per heavy atom. The van der Waals surface area contributed by atoms with Crippen LogP contribution in [-0.4, -0.2) is 33.4 Å². The van der Waals surface area contributed by atoms with Crippen LogP contribution in [0.1, 0.15) is 20.8 Å². The highest BCUT2D eigenvalue weighted by Crippen LogP contribution is 2.25. The van der Waals surface area contributed by atoms with Crippen molar-refractivity contribution in [3.8, 4) is 0 Å². The molecule has 92 valence electrons. The van der Waals surface area contributed by atoms with Crippen molar-refractivity contribution in [3.05, 3.63) is 22.4 Å². The molecule has 6 heteroatoms. The van der Waals surface area contributed by atoms with E-state index in [1.807, 2.05) is 13.8 Å². The van der Waals surface area contributed by atoms with Gasteiger partial charge in [-0.25, -0.2) is 14.0 Å². The van der Waals surface area contributed by atoms with E-state index in [0.29, 0.717) is 11.7 Å². The summed E-state index contributed by atoms with van der Waals surface area (Å²) >= 11 is 0. The van der Waals surface area contributed by atoms with E-state index in [2.05, 4.69) is 4.99 Å². The van der Waals surface area contributed by atoms with Crippen LogP contribution in [0.5, 0.6) is 0 Å². The molecule has 0 aromatic carbocycles. The highest BCUT2D eigenvalue weighted by Gasteiger charge is 2.35. The second-order valence-corrected chi connectivity index (χ2v) is 5.21. The summed E-state index contributed by atoms with van der Waals surface area (Å²) < 4.78 is 16.9. The number of amidine groups is 1. The molecule has 1 atom stereocenters. The number of esters is 1. The zero-order chi connectivity index (χ0) is 12.6. The predicted molar refractivity (Wildman–Crippen MR) is 65.4 cm³/mol. The monoisotopic (exact) mass is 254 g/mol. The van der Waals surface area contributed by atoms with Gasteiger partial charge in [0.15, 0.2) is 0 Å². The molecule has 0 aliphatic carbocycles. The van der Waals surface area contributed by atoms with E-state index >= 15 is 0 Å². The Morgan fingerprint density at radius 2 is 2.29 bits per heavy atom. The van der Waals surface area contributed by atoms with Crippen molar-refractivity contribution in [2.45, 2.75) is 20.8 Å². The maximum absolute atomic E-state index is 12.1. The van der Waals surface area contributed by atoms with Crippen molar-refractivity contribution in [2.24, 2.45) is 4.99 Å². The van der Waals surface area contributed by atoms with Gasteiger partial charge in [-0.1, -0.05) is 0 Å². The van der Waals surface area contributed by atoms with Gasteiger partial charge in [0.1, 0.15) is 15.7 Å². The molecule has 17 heavy (non-hydrogen) atoms. The van der Waals surface area contributed by atoms with E-state index in [-0.39, 0.29) is 11.5 Å². The molecule has 2 rings (SSSR count). The average Bonchev–Trinajstić information content (AvgIpc) is 2.58. The van der Waals surface area contributed by atoms with E-state index in [0.717, 1.165) is 11.3 Å². The van der Waals surface area contributed by atoms with Gasteiger partial charge in [0.05, 0.1) is 6.61 Å². The molecule has 2 aliphatic heterocycles. The van der Waals surface area contributed by atoms with Gasteiger partial charge in [-0.05, 0) is 26.3 Å². The highest BCUT2D eigenvalue weighted by molar-refractivity contribution is 8.05. The number of aliphatic imine (C=N–C) groups is 1. The molecule has 0 spiro atoms. The van der Waals surface area contributed by atoms with Crippen LogP contribution in [0.2, 0.25) is 0 Å². The third-order valence-corrected chi connectivity index (χ3v) is 3.98. The number of nitrogens with zero attached hydrogens (tertiary/aromatic N) is 2. The van der Waals surface area contributed by atoms with Crippen LogP contribution in [0, 0.1) is 0 Å². The summed E-state index contributed by atoms with van der Waals surface area (Å²) in [5, 5.41) is 0.427. The van der Waals surface area contributed by atoms with Crippen LogP contribution in [0.3, 0.4) is 0 Å². The Kier molecular flexibility index (Phi) is 3.15. The number of ether oxygens (including phenoxy) is 1. The summed E-state index contributed by atoms with van der Waals surface area (Å²) in [6.45, 7) is 6.46. The van der Waals surface area contributed by atoms with Gasteiger partial charge in [-0.15, -0.1) is 0 Å². The number of hydrogen-bond donors (Lipinski definition) is 0. The molecule has 0 bridgehead atoms. The van der Waals surface area contributed by atoms with Crippen molar-refractivity contribution in [2.75, 3.05) is 13.2 Å². The zero-order valence-corrected chi connectivity index (χ0v) is 10.8. The summed E-state index contributed by atoms with van der Waals surface area (Å²) in [6, 6.07) is 0. The van der Waals surface area contributed by atoms with Crippen molar-refractivity contribution in [1.82, 2.24) is 4.90 Å². The maximum Gasteiger partial charge on any atom is 0.349 e. The van der Waals surface area contributed by atoms with E-state index < -0.39 is 16.8 Å². The summed E-state index contributed by atoms with van der Waals surface area (Å²) in [4.78, 5) is 17.8. The van der Waals surface area contributed by atoms with Crippen LogP contribution in [0.25, 0.3) is 0 Å². The molecule has 1 unspecified atom stereocenters. The van der Waals surface area contributed by atoms with Crippen LogP contribution >= 0.6 is 0 Å². The molecule has 2 heterocycles. The normalized spacial score (nSPS) is 23.2. The topological polar surface area (TPSA) is 59.0 Å². The first-order chi connectivity index (χ1) is 8.04. The molecule has 0 N–H and O–H groups in total. The fraction of sp³-hybridized carbons (Fsp3) is 0.455. The highest BCUT2D eigenvalue weighted by atomic mass is 32.2. The molecular weight excluding hydrogens is 240 g/mol. The van der Waals surface area contributed by atoms with Crippen LogP contribution in [-0.2, 0) is 20.3 Å². The zero-order valence-electron chi connectivity index (χ0n) is 10.0. The molecule has 5 nitrogen and oxygen atoms in total. The fourth-order valence-electron chi connectivity index (χ4n) is 1.61. The minimum atomic E-state index is -1.52. The first-order valence-electron chi connectivity index (χ1n) is 5.37. The maximum atomic E-state index is 12.1. The van der Waals surface area contributed by atoms with Gasteiger partial charge in [0, 0.05) is 18.4 Å². The second kappa shape index (κ2) is 4.44. The Labute approximate surface area is 102 Å². The third-order valence-electron chi connectivity index (χ3n) is 2.65. The van der Waals surface area contributed by atoms with Gasteiger partial charge in [-0.3, -0.25) is 0 Å². The molecule has 2 aliphatic rings. The molecule has 0 radical (unpaired) electrons. The van der Waals surface area contributed by atoms with Gasteiger partial charge >= 0.3 is 5.97 Å². The minimum absolute atomic E-state index is 0.174. The molecule has 0 fully saturated rings. The van der Waals surface area contributed by atoms with Gasteiger partial charge in [0.25, 0.3) is 0 Å². The lowest BCUT2D eigenvalue weighted by atomic mass is 10.2. The average molecular weight is 254 g/mol. The van der Waals surface area contributed by atoms with E-state index in [1.165, 1.54) is 0 Å². The van der Waals surface area contributed by atoms with Crippen molar-refractivity contribution >= 4 is 21.9 Å². The minimum Gasteiger partial charge on any atom is -0.462 e. The van der Waals surface area contributed by atoms with Gasteiger partial charge in [-0.2, -0.15) is 0 Å². The second-order valence-electron chi connectivity index (χ2n) is 3.87. The van der Waals surface area contributed by atoms with E-state index in [9.17, 15) is 9.00 Å². The van der Waals surface area contributed by atoms with Crippen LogP contribution < -0.4 is 0 Å². The lowest BCUT2D eigenvalue weighted by Gasteiger charge is -2.21. The number of allylic oxidation sites excluding steroid dienone is 1. The Hall–Kier alpha value is -1.43. The smallest absolute Gasteiger partial charge is 0.349 e. The van der Waals surface area contributed by atoms with Gasteiger partial charge in [0.2, 0.25) is 5.17 Å². The van der Waals surface area contributed by atoms with E-state index in [1.54, 1.807) is 18.0 Å². The molecular formula is C11H14N2O3S. The third kappa shape index (κ3) is 2.04. The number of fused-ring (bicyclic) bond motifs is 1. The summed E-state index contributed by atoms with van der Waals surface area (Å²) in [5.74, 6) is -0.529. The van der Waals surface area contributed by atoms with Crippen molar-refractivity contribution in [1.29, 1.82) is 0 Å². The summed E-state index contributed by atoms with van der Waals surface area (Å²) in [7, 11) is -1.52. The number of carbonyl (C=O) groups is 1. The van der Waals surface area contributed by atoms with Crippen LogP contribution in [0.15, 0.2) is 27.4 Å². The summed E-state index contributed by atoms with van der Waals surface area (Å²) in [6.07, 6.45) is 1.57. The standard InChI is InChI=1S/C11H14N2O3S/c1-4-16-10(14)9-6-13-5-7(2)8(3)12-11(13)17(9)15/h6H,4-5H2,1-3H3. The van der Waals surface area contributed by atoms with E-state index in [4.69, 9.17) is 4.74 Å². The molecule has 0 saturated carbocycles. The molecule has 0 aromatic heterocycles. The van der Waals surface area contributed by atoms with Crippen LogP contribution in [0.4, 0.5) is 0 Å². The first-order valence-corrected chi connectivity index (χ1v) is 6.52. The summed E-state index contributed by atoms with van der Waals surface area (Å²) in [5.41, 5.74) is 1.97. The quantitative estimate of drug-likeness (QED) is 0.693. The van der Waals surface area contributed by atoms with Gasteiger partial charge < -0.3 is 9.64 Å². The Morgan fingerprint density at radius 3 is 2.94 bits per heavy atom. The Balaban J connectivity index is 2.29. The lowest BCUT2D eigenvalue weighted by Crippen LogP contribution is -2.29. The SMILES string of the molecule is CCOC(=O)C1=CN2CC(C)=C(C)N=C2S1=O. The first kappa shape index (κ1) is 12.0. The lowest BCUT2D eigenvalue weighted by molar-refractivity contribution is -0.137.